The van der Waals surface area contributed by atoms with Crippen molar-refractivity contribution < 1.29 is 18.7 Å². The number of benzene rings is 2. The zero-order chi connectivity index (χ0) is 24.1. The van der Waals surface area contributed by atoms with E-state index in [9.17, 15) is 9.59 Å². The lowest BCUT2D eigenvalue weighted by Gasteiger charge is -2.11. The molecule has 34 heavy (non-hydrogen) atoms. The van der Waals surface area contributed by atoms with Gasteiger partial charge in [0.1, 0.15) is 5.69 Å². The summed E-state index contributed by atoms with van der Waals surface area (Å²) in [5, 5.41) is 0.226. The minimum Gasteiger partial charge on any atom is -0.490 e. The van der Waals surface area contributed by atoms with E-state index < -0.39 is 0 Å². The van der Waals surface area contributed by atoms with Crippen LogP contribution in [-0.4, -0.2) is 28.5 Å². The molecule has 0 saturated carbocycles. The summed E-state index contributed by atoms with van der Waals surface area (Å²) < 4.78 is 18.0. The van der Waals surface area contributed by atoms with E-state index in [4.69, 9.17) is 25.5 Å². The number of carbonyl (C=O) groups is 1. The molecule has 4 rings (SSSR count). The molecule has 4 aromatic rings. The predicted octanol–water partition coefficient (Wildman–Crippen LogP) is 5.77. The fourth-order valence-electron chi connectivity index (χ4n) is 3.42. The van der Waals surface area contributed by atoms with Crippen molar-refractivity contribution >= 4 is 23.5 Å². The molecular formula is C26H23ClN2O5. The van der Waals surface area contributed by atoms with Crippen molar-refractivity contribution in [2.45, 2.75) is 13.8 Å². The maximum atomic E-state index is 12.8. The SMILES string of the molecule is CCOc1ccc(/C=C/C(=O)c2cccc(-n3cc(-c4ccc(Cl)o4)[nH]c3=O)c2)cc1OCC. The lowest BCUT2D eigenvalue weighted by atomic mass is 10.1. The van der Waals surface area contributed by atoms with Gasteiger partial charge in [0.15, 0.2) is 28.3 Å². The molecule has 0 fully saturated rings. The van der Waals surface area contributed by atoms with Gasteiger partial charge in [0, 0.05) is 11.8 Å². The summed E-state index contributed by atoms with van der Waals surface area (Å²) in [6.07, 6.45) is 4.81. The number of nitrogens with zero attached hydrogens (tertiary/aromatic N) is 1. The summed E-state index contributed by atoms with van der Waals surface area (Å²) >= 11 is 5.83. The average molecular weight is 479 g/mol. The van der Waals surface area contributed by atoms with Gasteiger partial charge in [-0.25, -0.2) is 4.79 Å². The van der Waals surface area contributed by atoms with Crippen LogP contribution in [0.4, 0.5) is 0 Å². The number of hydrogen-bond acceptors (Lipinski definition) is 5. The van der Waals surface area contributed by atoms with E-state index in [-0.39, 0.29) is 16.7 Å². The Morgan fingerprint density at radius 3 is 2.59 bits per heavy atom. The van der Waals surface area contributed by atoms with Gasteiger partial charge in [0.25, 0.3) is 0 Å². The third kappa shape index (κ3) is 5.15. The number of carbonyl (C=O) groups excluding carboxylic acids is 1. The second-order valence-corrected chi connectivity index (χ2v) is 7.64. The molecule has 0 bridgehead atoms. The van der Waals surface area contributed by atoms with Crippen molar-refractivity contribution in [3.8, 4) is 28.6 Å². The van der Waals surface area contributed by atoms with Crippen molar-refractivity contribution in [1.82, 2.24) is 9.55 Å². The van der Waals surface area contributed by atoms with Crippen LogP contribution >= 0.6 is 11.6 Å². The first kappa shape index (κ1) is 23.2. The number of H-pyrrole nitrogens is 1. The molecule has 0 aliphatic carbocycles. The van der Waals surface area contributed by atoms with E-state index in [2.05, 4.69) is 4.98 Å². The number of rotatable bonds is 9. The summed E-state index contributed by atoms with van der Waals surface area (Å²) in [6.45, 7) is 4.85. The fourth-order valence-corrected chi connectivity index (χ4v) is 3.57. The maximum Gasteiger partial charge on any atom is 0.330 e. The van der Waals surface area contributed by atoms with Crippen molar-refractivity contribution in [1.29, 1.82) is 0 Å². The zero-order valence-corrected chi connectivity index (χ0v) is 19.5. The van der Waals surface area contributed by atoms with Gasteiger partial charge in [-0.05, 0) is 73.5 Å². The Hall–Kier alpha value is -3.97. The first-order valence-corrected chi connectivity index (χ1v) is 11.2. The van der Waals surface area contributed by atoms with Gasteiger partial charge < -0.3 is 18.9 Å². The highest BCUT2D eigenvalue weighted by Crippen LogP contribution is 2.29. The van der Waals surface area contributed by atoms with E-state index in [0.29, 0.717) is 47.4 Å². The topological polar surface area (TPSA) is 86.5 Å². The maximum absolute atomic E-state index is 12.8. The Balaban J connectivity index is 1.56. The molecule has 2 aromatic heterocycles. The number of allylic oxidation sites excluding steroid dienone is 1. The first-order chi connectivity index (χ1) is 16.5. The molecule has 0 saturated heterocycles. The van der Waals surface area contributed by atoms with Crippen LogP contribution < -0.4 is 15.2 Å². The predicted molar refractivity (Wildman–Crippen MR) is 131 cm³/mol. The smallest absolute Gasteiger partial charge is 0.330 e. The highest BCUT2D eigenvalue weighted by atomic mass is 35.5. The Morgan fingerprint density at radius 2 is 1.85 bits per heavy atom. The number of furan rings is 1. The molecule has 7 nitrogen and oxygen atoms in total. The minimum absolute atomic E-state index is 0.199. The third-order valence-electron chi connectivity index (χ3n) is 4.96. The van der Waals surface area contributed by atoms with Crippen LogP contribution in [-0.2, 0) is 0 Å². The zero-order valence-electron chi connectivity index (χ0n) is 18.7. The monoisotopic (exact) mass is 478 g/mol. The molecule has 0 atom stereocenters. The number of hydrogen-bond donors (Lipinski definition) is 1. The normalized spacial score (nSPS) is 11.1. The Bertz CT molecular complexity index is 1400. The number of ether oxygens (including phenoxy) is 2. The molecule has 0 aliphatic heterocycles. The lowest BCUT2D eigenvalue weighted by Crippen LogP contribution is -2.14. The summed E-state index contributed by atoms with van der Waals surface area (Å²) in [7, 11) is 0. The number of ketones is 1. The second kappa shape index (κ2) is 10.3. The largest absolute Gasteiger partial charge is 0.490 e. The summed E-state index contributed by atoms with van der Waals surface area (Å²) in [5.41, 5.74) is 1.92. The highest BCUT2D eigenvalue weighted by Gasteiger charge is 2.12. The third-order valence-corrected chi connectivity index (χ3v) is 5.16. The van der Waals surface area contributed by atoms with Crippen LogP contribution in [0.15, 0.2) is 76.1 Å². The van der Waals surface area contributed by atoms with Crippen molar-refractivity contribution in [2.75, 3.05) is 13.2 Å². The van der Waals surface area contributed by atoms with Gasteiger partial charge in [0.05, 0.1) is 18.9 Å². The molecular weight excluding hydrogens is 456 g/mol. The first-order valence-electron chi connectivity index (χ1n) is 10.8. The van der Waals surface area contributed by atoms with Gasteiger partial charge in [0.2, 0.25) is 0 Å². The van der Waals surface area contributed by atoms with Crippen LogP contribution in [0.5, 0.6) is 11.5 Å². The fraction of sp³-hybridized carbons (Fsp3) is 0.154. The molecule has 1 N–H and O–H groups in total. The number of aromatic amines is 1. The molecule has 2 aromatic carbocycles. The molecule has 0 radical (unpaired) electrons. The van der Waals surface area contributed by atoms with E-state index >= 15 is 0 Å². The number of aromatic nitrogens is 2. The Labute approximate surface area is 201 Å². The van der Waals surface area contributed by atoms with Crippen molar-refractivity contribution in [3.63, 3.8) is 0 Å². The van der Waals surface area contributed by atoms with Gasteiger partial charge in [-0.2, -0.15) is 0 Å². The van der Waals surface area contributed by atoms with E-state index in [1.807, 2.05) is 32.0 Å². The van der Waals surface area contributed by atoms with E-state index in [0.717, 1.165) is 5.56 Å². The molecule has 0 amide bonds. The Morgan fingerprint density at radius 1 is 1.06 bits per heavy atom. The molecule has 174 valence electrons. The molecule has 8 heteroatoms. The second-order valence-electron chi connectivity index (χ2n) is 7.27. The number of halogens is 1. The van der Waals surface area contributed by atoms with Crippen molar-refractivity contribution in [2.24, 2.45) is 0 Å². The highest BCUT2D eigenvalue weighted by molar-refractivity contribution is 6.29. The van der Waals surface area contributed by atoms with E-state index in [1.54, 1.807) is 48.7 Å². The quantitative estimate of drug-likeness (QED) is 0.243. The van der Waals surface area contributed by atoms with Gasteiger partial charge in [-0.1, -0.05) is 24.3 Å². The molecule has 0 aliphatic rings. The lowest BCUT2D eigenvalue weighted by molar-refractivity contribution is 0.104. The van der Waals surface area contributed by atoms with Crippen LogP contribution in [0, 0.1) is 0 Å². The minimum atomic E-state index is -0.361. The standard InChI is InChI=1S/C26H23ClN2O5/c1-3-32-23-11-9-17(14-24(23)33-4-2)8-10-21(30)18-6-5-7-19(15-18)29-16-20(28-26(29)31)22-12-13-25(27)34-22/h5-16H,3-4H2,1-2H3,(H,28,31)/b10-8+. The molecule has 0 spiro atoms. The number of nitrogens with one attached hydrogen (secondary N) is 1. The summed E-state index contributed by atoms with van der Waals surface area (Å²) in [5.74, 6) is 1.53. The van der Waals surface area contributed by atoms with Gasteiger partial charge >= 0.3 is 5.69 Å². The van der Waals surface area contributed by atoms with Crippen LogP contribution in [0.25, 0.3) is 23.2 Å². The number of imidazole rings is 1. The van der Waals surface area contributed by atoms with Crippen molar-refractivity contribution in [3.05, 3.63) is 93.7 Å². The van der Waals surface area contributed by atoms with E-state index in [1.165, 1.54) is 10.6 Å². The van der Waals surface area contributed by atoms with Gasteiger partial charge in [-0.15, -0.1) is 0 Å². The molecule has 2 heterocycles. The van der Waals surface area contributed by atoms with Crippen LogP contribution in [0.2, 0.25) is 5.22 Å². The summed E-state index contributed by atoms with van der Waals surface area (Å²) in [6, 6.07) is 15.6. The molecule has 0 unspecified atom stereocenters. The van der Waals surface area contributed by atoms with Gasteiger partial charge in [-0.3, -0.25) is 9.36 Å². The van der Waals surface area contributed by atoms with Crippen LogP contribution in [0.3, 0.4) is 0 Å². The Kier molecular flexibility index (Phi) is 7.04. The van der Waals surface area contributed by atoms with Crippen LogP contribution in [0.1, 0.15) is 29.8 Å². The average Bonchev–Trinajstić information content (AvgIpc) is 3.44. The summed E-state index contributed by atoms with van der Waals surface area (Å²) in [4.78, 5) is 28.0.